The van der Waals surface area contributed by atoms with Crippen molar-refractivity contribution in [1.82, 2.24) is 0 Å². The first-order valence-corrected chi connectivity index (χ1v) is 44.6. The number of nitrogens with zero attached hydrogens (tertiary/aromatic N) is 1. The quantitative estimate of drug-likeness (QED) is 0.0195. The van der Waals surface area contributed by atoms with Gasteiger partial charge in [-0.25, -0.2) is 0 Å². The summed E-state index contributed by atoms with van der Waals surface area (Å²) in [4.78, 5) is 37.7. The maximum atomic E-state index is 13.0. The molecule has 0 saturated carbocycles. The van der Waals surface area contributed by atoms with Crippen LogP contribution in [-0.4, -0.2) is 82.3 Å². The lowest BCUT2D eigenvalue weighted by Gasteiger charge is -2.26. The number of rotatable bonds is 82. The molecule has 0 aromatic heterocycles. The summed E-state index contributed by atoms with van der Waals surface area (Å²) in [5.74, 6) is -2.31. The number of carbonyl (C=O) groups excluding carboxylic acids is 3. The van der Waals surface area contributed by atoms with Crippen LogP contribution in [0.15, 0.2) is 158 Å². The molecule has 0 aromatic rings. The lowest BCUT2D eigenvalue weighted by Crippen LogP contribution is -2.44. The summed E-state index contributed by atoms with van der Waals surface area (Å²) in [5, 5.41) is 11.9. The molecule has 0 heterocycles. The summed E-state index contributed by atoms with van der Waals surface area (Å²) in [6, 6.07) is 0. The van der Waals surface area contributed by atoms with E-state index >= 15 is 0 Å². The van der Waals surface area contributed by atoms with Gasteiger partial charge in [0.2, 0.25) is 0 Å². The SMILES string of the molecule is CC/C=C\C/C=C\C/C=C\C/C=C\C/C=C\C/C=C\C/C=C\C/C=C\C/C=C\C/C=C\C/C=C\C/C=C\CCCCCCC(=O)OC(COC(=O)CCCCCCCCCCCCCCCCCCCCCCCCCCCCCCC/C=C\CCCCCCCCCC)COC(OCC[N+](C)(C)C)C(=O)[O-]. The van der Waals surface area contributed by atoms with E-state index in [1.807, 2.05) is 21.1 Å². The fourth-order valence-corrected chi connectivity index (χ4v) is 12.5. The van der Waals surface area contributed by atoms with Crippen molar-refractivity contribution in [3.8, 4) is 0 Å². The van der Waals surface area contributed by atoms with Crippen LogP contribution in [0.1, 0.15) is 386 Å². The van der Waals surface area contributed by atoms with Crippen LogP contribution in [-0.2, 0) is 33.3 Å². The van der Waals surface area contributed by atoms with Crippen molar-refractivity contribution in [3.63, 3.8) is 0 Å². The molecule has 9 nitrogen and oxygen atoms in total. The second-order valence-electron chi connectivity index (χ2n) is 30.8. The average Bonchev–Trinajstić information content (AvgIpc) is 0.965. The van der Waals surface area contributed by atoms with Gasteiger partial charge in [0.25, 0.3) is 0 Å². The fourth-order valence-electron chi connectivity index (χ4n) is 12.5. The van der Waals surface area contributed by atoms with E-state index in [-0.39, 0.29) is 38.6 Å². The topological polar surface area (TPSA) is 111 Å². The predicted molar refractivity (Wildman–Crippen MR) is 462 cm³/mol. The second kappa shape index (κ2) is 86.5. The highest BCUT2D eigenvalue weighted by Crippen LogP contribution is 2.19. The number of carboxylic acids is 1. The van der Waals surface area contributed by atoms with E-state index in [4.69, 9.17) is 18.9 Å². The lowest BCUT2D eigenvalue weighted by atomic mass is 10.0. The molecule has 0 amide bonds. The van der Waals surface area contributed by atoms with E-state index in [2.05, 4.69) is 172 Å². The second-order valence-corrected chi connectivity index (χ2v) is 30.8. The van der Waals surface area contributed by atoms with Gasteiger partial charge < -0.3 is 33.3 Å². The van der Waals surface area contributed by atoms with Crippen LogP contribution in [0.25, 0.3) is 0 Å². The van der Waals surface area contributed by atoms with Crippen LogP contribution in [0.3, 0.4) is 0 Å². The van der Waals surface area contributed by atoms with Gasteiger partial charge >= 0.3 is 11.9 Å². The first kappa shape index (κ1) is 102. The highest BCUT2D eigenvalue weighted by atomic mass is 16.7. The van der Waals surface area contributed by atoms with Crippen LogP contribution in [0, 0.1) is 0 Å². The Morgan fingerprint density at radius 1 is 0.290 bits per heavy atom. The molecule has 9 heteroatoms. The number of carboxylic acid groups (broad SMARTS) is 1. The molecule has 0 aliphatic carbocycles. The molecule has 2 unspecified atom stereocenters. The van der Waals surface area contributed by atoms with Gasteiger partial charge in [0.05, 0.1) is 40.3 Å². The zero-order chi connectivity index (χ0) is 77.4. The number of allylic oxidation sites excluding steroid dienone is 26. The Kier molecular flexibility index (Phi) is 82.4. The molecular formula is C98H167NO8. The zero-order valence-corrected chi connectivity index (χ0v) is 70.2. The Bertz CT molecular complexity index is 2340. The Hall–Kier alpha value is -5.09. The molecule has 0 aliphatic heterocycles. The first-order valence-electron chi connectivity index (χ1n) is 44.6. The van der Waals surface area contributed by atoms with E-state index < -0.39 is 24.3 Å². The number of aliphatic carboxylic acids is 1. The van der Waals surface area contributed by atoms with Gasteiger partial charge in [-0.1, -0.05) is 403 Å². The smallest absolute Gasteiger partial charge is 0.306 e. The minimum atomic E-state index is -1.64. The Balaban J connectivity index is 4.05. The van der Waals surface area contributed by atoms with E-state index in [0.717, 1.165) is 122 Å². The number of hydrogen-bond acceptors (Lipinski definition) is 8. The number of hydrogen-bond donors (Lipinski definition) is 0. The van der Waals surface area contributed by atoms with Gasteiger partial charge in [-0.3, -0.25) is 9.59 Å². The number of carbonyl (C=O) groups is 3. The van der Waals surface area contributed by atoms with E-state index in [1.165, 1.54) is 231 Å². The molecule has 0 bridgehead atoms. The molecule has 0 saturated heterocycles. The number of likely N-dealkylation sites (N-methyl/N-ethyl adjacent to an activating group) is 1. The van der Waals surface area contributed by atoms with Crippen LogP contribution in [0.5, 0.6) is 0 Å². The van der Waals surface area contributed by atoms with Crippen LogP contribution >= 0.6 is 0 Å². The van der Waals surface area contributed by atoms with Gasteiger partial charge in [0.15, 0.2) is 12.4 Å². The van der Waals surface area contributed by atoms with Crippen LogP contribution < -0.4 is 5.11 Å². The van der Waals surface area contributed by atoms with Gasteiger partial charge in [-0.15, -0.1) is 0 Å². The predicted octanol–water partition coefficient (Wildman–Crippen LogP) is 28.2. The molecule has 107 heavy (non-hydrogen) atoms. The number of unbranched alkanes of at least 4 members (excludes halogenated alkanes) is 41. The first-order chi connectivity index (χ1) is 52.6. The zero-order valence-electron chi connectivity index (χ0n) is 70.2. The Morgan fingerprint density at radius 2 is 0.533 bits per heavy atom. The lowest BCUT2D eigenvalue weighted by molar-refractivity contribution is -0.870. The maximum Gasteiger partial charge on any atom is 0.306 e. The molecule has 0 aromatic carbocycles. The summed E-state index contributed by atoms with van der Waals surface area (Å²) in [5.41, 5.74) is 0. The van der Waals surface area contributed by atoms with Gasteiger partial charge in [-0.2, -0.15) is 0 Å². The largest absolute Gasteiger partial charge is 0.545 e. The highest BCUT2D eigenvalue weighted by Gasteiger charge is 2.22. The summed E-state index contributed by atoms with van der Waals surface area (Å²) >= 11 is 0. The molecule has 0 N–H and O–H groups in total. The van der Waals surface area contributed by atoms with Gasteiger partial charge in [0.1, 0.15) is 13.2 Å². The third kappa shape index (κ3) is 88.0. The van der Waals surface area contributed by atoms with Crippen molar-refractivity contribution in [2.45, 2.75) is 399 Å². The average molecular weight is 1490 g/mol. The maximum absolute atomic E-state index is 13.0. The van der Waals surface area contributed by atoms with Gasteiger partial charge in [0, 0.05) is 12.8 Å². The van der Waals surface area contributed by atoms with E-state index in [0.29, 0.717) is 17.4 Å². The summed E-state index contributed by atoms with van der Waals surface area (Å²) in [6.45, 7) is 4.63. The standard InChI is InChI=1S/C98H167NO8/c1-6-8-10-12-14-16-18-20-22-24-26-28-30-32-34-36-38-40-42-44-46-48-50-52-54-56-58-60-62-64-66-68-70-72-74-76-78-80-82-84-86-88-95(100)105-92-94(93-106-98(97(102)103)104-91-90-99(3,4)5)107-96(101)89-87-85-83-81-79-77-75-73-71-69-67-65-63-61-59-57-55-53-51-49-47-45-43-41-39-37-35-33-31-29-27-25-23-21-19-17-15-13-11-9-7-2/h9,11,15,17,21,23-24,26-27,29,33,35,39,41,45,47,51,53,57,59,63,65,69,71,75,77,94,98H,6-8,10,12-14,16,18-20,22,25,28,30-32,34,36-38,40,42-44,46,48-50,52,54-56,58,60-62,64,66-68,70,72-74,76,78-93H2,1-5H3/b11-9-,17-15-,23-21-,26-24-,29-27-,35-33-,41-39-,47-45-,53-51-,59-57-,65-63-,71-69-,77-75-. The van der Waals surface area contributed by atoms with E-state index in [9.17, 15) is 19.5 Å². The molecule has 2 atom stereocenters. The Morgan fingerprint density at radius 3 is 0.804 bits per heavy atom. The minimum Gasteiger partial charge on any atom is -0.545 e. The third-order valence-electron chi connectivity index (χ3n) is 19.3. The monoisotopic (exact) mass is 1490 g/mol. The highest BCUT2D eigenvalue weighted by molar-refractivity contribution is 5.70. The molecule has 0 radical (unpaired) electrons. The molecule has 612 valence electrons. The molecule has 0 rings (SSSR count). The number of quaternary nitrogens is 1. The van der Waals surface area contributed by atoms with Crippen molar-refractivity contribution in [1.29, 1.82) is 0 Å². The molecule has 0 spiro atoms. The van der Waals surface area contributed by atoms with Crippen molar-refractivity contribution in [3.05, 3.63) is 158 Å². The van der Waals surface area contributed by atoms with Gasteiger partial charge in [-0.05, 0) is 128 Å². The fraction of sp³-hybridized carbons (Fsp3) is 0.704. The Labute approximate surface area is 661 Å². The summed E-state index contributed by atoms with van der Waals surface area (Å²) < 4.78 is 22.9. The molecule has 0 fully saturated rings. The summed E-state index contributed by atoms with van der Waals surface area (Å²) in [7, 11) is 5.93. The van der Waals surface area contributed by atoms with Crippen molar-refractivity contribution in [2.75, 3.05) is 47.5 Å². The van der Waals surface area contributed by atoms with Crippen molar-refractivity contribution < 1.29 is 42.9 Å². The van der Waals surface area contributed by atoms with E-state index in [1.54, 1.807) is 0 Å². The summed E-state index contributed by atoms with van der Waals surface area (Å²) in [6.07, 6.45) is 126. The molecule has 0 aliphatic rings. The number of ether oxygens (including phenoxy) is 4. The van der Waals surface area contributed by atoms with Crippen molar-refractivity contribution >= 4 is 17.9 Å². The van der Waals surface area contributed by atoms with Crippen LogP contribution in [0.4, 0.5) is 0 Å². The van der Waals surface area contributed by atoms with Crippen molar-refractivity contribution in [2.24, 2.45) is 0 Å². The normalized spacial score (nSPS) is 13.4. The minimum absolute atomic E-state index is 0.136. The van der Waals surface area contributed by atoms with Crippen LogP contribution in [0.2, 0.25) is 0 Å². The number of esters is 2. The third-order valence-corrected chi connectivity index (χ3v) is 19.3. The molecular weight excluding hydrogens is 1320 g/mol.